The lowest BCUT2D eigenvalue weighted by Crippen LogP contribution is -3.11. The third-order valence-electron chi connectivity index (χ3n) is 4.18. The summed E-state index contributed by atoms with van der Waals surface area (Å²) in [5.74, 6) is 0.144. The summed E-state index contributed by atoms with van der Waals surface area (Å²) in [5.41, 5.74) is 1.44. The molecular formula is C17H26N5OS+. The van der Waals surface area contributed by atoms with Crippen molar-refractivity contribution in [3.05, 3.63) is 24.3 Å². The molecule has 0 fully saturated rings. The number of nitrogens with zero attached hydrogens (tertiary/aromatic N) is 3. The van der Waals surface area contributed by atoms with Gasteiger partial charge in [-0.1, -0.05) is 18.2 Å². The Balaban J connectivity index is 2.35. The molecule has 7 heteroatoms. The van der Waals surface area contributed by atoms with E-state index < -0.39 is 0 Å². The molecule has 1 aromatic carbocycles. The van der Waals surface area contributed by atoms with E-state index in [-0.39, 0.29) is 5.88 Å². The second kappa shape index (κ2) is 8.75. The van der Waals surface area contributed by atoms with Gasteiger partial charge in [0.1, 0.15) is 0 Å². The topological polar surface area (TPSA) is 66.4 Å². The number of para-hydroxylation sites is 1. The van der Waals surface area contributed by atoms with Gasteiger partial charge < -0.3 is 19.9 Å². The Morgan fingerprint density at radius 2 is 1.96 bits per heavy atom. The van der Waals surface area contributed by atoms with Crippen molar-refractivity contribution in [1.82, 2.24) is 9.88 Å². The predicted molar refractivity (Wildman–Crippen MR) is 101 cm³/mol. The van der Waals surface area contributed by atoms with Crippen LogP contribution >= 0.6 is 12.2 Å². The summed E-state index contributed by atoms with van der Waals surface area (Å²) < 4.78 is 1.91. The maximum atomic E-state index is 10.7. The van der Waals surface area contributed by atoms with Crippen molar-refractivity contribution in [2.45, 2.75) is 27.3 Å². The number of aromatic hydroxyl groups is 1. The van der Waals surface area contributed by atoms with E-state index in [1.54, 1.807) is 0 Å². The molecule has 0 saturated heterocycles. The van der Waals surface area contributed by atoms with Gasteiger partial charge in [-0.3, -0.25) is 0 Å². The highest BCUT2D eigenvalue weighted by molar-refractivity contribution is 7.80. The molecule has 0 aliphatic heterocycles. The first kappa shape index (κ1) is 18.4. The first-order valence-corrected chi connectivity index (χ1v) is 8.86. The lowest BCUT2D eigenvalue weighted by molar-refractivity contribution is -0.897. The number of likely N-dealkylation sites (N-methyl/N-ethyl adjacent to an activating group) is 1. The van der Waals surface area contributed by atoms with Gasteiger partial charge >= 0.3 is 0 Å². The first-order valence-electron chi connectivity index (χ1n) is 8.45. The number of rotatable bonds is 7. The molecule has 0 unspecified atom stereocenters. The van der Waals surface area contributed by atoms with E-state index in [1.807, 2.05) is 35.8 Å². The lowest BCUT2D eigenvalue weighted by Gasteiger charge is -2.16. The van der Waals surface area contributed by atoms with E-state index in [1.165, 1.54) is 4.90 Å². The minimum atomic E-state index is 0.144. The Hall–Kier alpha value is -1.99. The van der Waals surface area contributed by atoms with Gasteiger partial charge in [0.2, 0.25) is 11.0 Å². The summed E-state index contributed by atoms with van der Waals surface area (Å²) >= 11 is 5.08. The highest BCUT2D eigenvalue weighted by Crippen LogP contribution is 2.38. The summed E-state index contributed by atoms with van der Waals surface area (Å²) in [5, 5.41) is 23.0. The van der Waals surface area contributed by atoms with Crippen LogP contribution in [0.5, 0.6) is 5.88 Å². The summed E-state index contributed by atoms with van der Waals surface area (Å²) in [6.45, 7) is 10.8. The minimum Gasteiger partial charge on any atom is -0.493 e. The number of nitrogens with one attached hydrogen (secondary N) is 2. The van der Waals surface area contributed by atoms with Crippen LogP contribution in [0.4, 0.5) is 5.69 Å². The average molecular weight is 348 g/mol. The second-order valence-corrected chi connectivity index (χ2v) is 5.97. The molecule has 0 spiro atoms. The Labute approximate surface area is 148 Å². The van der Waals surface area contributed by atoms with Crippen molar-refractivity contribution >= 4 is 33.9 Å². The number of thiocarbonyl (C=S) groups is 1. The molecule has 0 amide bonds. The molecule has 0 atom stereocenters. The molecule has 1 heterocycles. The summed E-state index contributed by atoms with van der Waals surface area (Å²) in [6.07, 6.45) is 0. The predicted octanol–water partition coefficient (Wildman–Crippen LogP) is 2.25. The quantitative estimate of drug-likeness (QED) is 0.531. The molecule has 1 aromatic heterocycles. The van der Waals surface area contributed by atoms with Crippen LogP contribution in [0.3, 0.4) is 0 Å². The van der Waals surface area contributed by atoms with E-state index >= 15 is 0 Å². The van der Waals surface area contributed by atoms with Crippen LogP contribution in [0, 0.1) is 0 Å². The van der Waals surface area contributed by atoms with Gasteiger partial charge in [-0.05, 0) is 39.1 Å². The van der Waals surface area contributed by atoms with E-state index in [0.29, 0.717) is 17.3 Å². The van der Waals surface area contributed by atoms with Gasteiger partial charge in [-0.25, -0.2) is 0 Å². The number of quaternary nitrogens is 1. The molecule has 0 bridgehead atoms. The van der Waals surface area contributed by atoms with Crippen molar-refractivity contribution in [2.75, 3.05) is 26.2 Å². The van der Waals surface area contributed by atoms with Crippen LogP contribution < -0.4 is 10.2 Å². The van der Waals surface area contributed by atoms with Gasteiger partial charge in [0.25, 0.3) is 0 Å². The zero-order chi connectivity index (χ0) is 17.5. The SMILES string of the molecule is CCNC(=S)N=Nc1c(O)n(CC[NH+](CC)CC)c2ccccc12. The Morgan fingerprint density at radius 3 is 2.62 bits per heavy atom. The number of fused-ring (bicyclic) bond motifs is 1. The maximum absolute atomic E-state index is 10.7. The lowest BCUT2D eigenvalue weighted by atomic mass is 10.2. The zero-order valence-corrected chi connectivity index (χ0v) is 15.4. The van der Waals surface area contributed by atoms with Gasteiger partial charge in [-0.2, -0.15) is 0 Å². The first-order chi connectivity index (χ1) is 11.6. The van der Waals surface area contributed by atoms with Gasteiger partial charge in [0.05, 0.1) is 31.7 Å². The second-order valence-electron chi connectivity index (χ2n) is 5.58. The van der Waals surface area contributed by atoms with Crippen molar-refractivity contribution in [1.29, 1.82) is 0 Å². The Kier molecular flexibility index (Phi) is 6.69. The number of hydrogen-bond acceptors (Lipinski definition) is 3. The molecule has 0 aliphatic carbocycles. The molecule has 130 valence electrons. The maximum Gasteiger partial charge on any atom is 0.220 e. The monoisotopic (exact) mass is 348 g/mol. The molecule has 0 saturated carbocycles. The van der Waals surface area contributed by atoms with E-state index in [4.69, 9.17) is 12.2 Å². The van der Waals surface area contributed by atoms with Crippen molar-refractivity contribution in [3.8, 4) is 5.88 Å². The molecule has 3 N–H and O–H groups in total. The van der Waals surface area contributed by atoms with Crippen molar-refractivity contribution < 1.29 is 10.0 Å². The van der Waals surface area contributed by atoms with Gasteiger partial charge in [-0.15, -0.1) is 10.2 Å². The number of aromatic nitrogens is 1. The van der Waals surface area contributed by atoms with Crippen LogP contribution in [0.1, 0.15) is 20.8 Å². The Morgan fingerprint density at radius 1 is 1.25 bits per heavy atom. The highest BCUT2D eigenvalue weighted by atomic mass is 32.1. The van der Waals surface area contributed by atoms with E-state index in [2.05, 4.69) is 29.4 Å². The third-order valence-corrected chi connectivity index (χ3v) is 4.40. The zero-order valence-electron chi connectivity index (χ0n) is 14.5. The van der Waals surface area contributed by atoms with Crippen molar-refractivity contribution in [3.63, 3.8) is 0 Å². The molecule has 2 rings (SSSR count). The van der Waals surface area contributed by atoms with Gasteiger partial charge in [0, 0.05) is 11.9 Å². The number of hydrogen-bond donors (Lipinski definition) is 3. The minimum absolute atomic E-state index is 0.144. The molecule has 0 radical (unpaired) electrons. The average Bonchev–Trinajstić information content (AvgIpc) is 2.86. The largest absolute Gasteiger partial charge is 0.493 e. The fraction of sp³-hybridized carbons (Fsp3) is 0.471. The standard InChI is InChI=1S/C17H25N5OS/c1-4-18-17(24)20-19-15-13-9-7-8-10-14(13)22(16(15)23)12-11-21(5-2)6-3/h7-10,23H,4-6,11-12H2,1-3H3,(H,18,24)/p+1. The van der Waals surface area contributed by atoms with Crippen LogP contribution in [0.2, 0.25) is 0 Å². The molecular weight excluding hydrogens is 322 g/mol. The summed E-state index contributed by atoms with van der Waals surface area (Å²) in [7, 11) is 0. The number of benzene rings is 1. The fourth-order valence-corrected chi connectivity index (χ4v) is 2.94. The summed E-state index contributed by atoms with van der Waals surface area (Å²) in [4.78, 5) is 1.49. The van der Waals surface area contributed by atoms with E-state index in [9.17, 15) is 5.11 Å². The van der Waals surface area contributed by atoms with Crippen LogP contribution in [0.25, 0.3) is 10.9 Å². The third kappa shape index (κ3) is 4.10. The highest BCUT2D eigenvalue weighted by Gasteiger charge is 2.17. The van der Waals surface area contributed by atoms with Gasteiger partial charge in [0.15, 0.2) is 5.69 Å². The van der Waals surface area contributed by atoms with Crippen molar-refractivity contribution in [2.24, 2.45) is 10.2 Å². The molecule has 6 nitrogen and oxygen atoms in total. The number of azo groups is 1. The Bertz CT molecular complexity index is 721. The summed E-state index contributed by atoms with van der Waals surface area (Å²) in [6, 6.07) is 7.84. The normalized spacial score (nSPS) is 11.7. The molecule has 24 heavy (non-hydrogen) atoms. The molecule has 2 aromatic rings. The van der Waals surface area contributed by atoms with Crippen LogP contribution in [-0.4, -0.2) is 41.0 Å². The molecule has 0 aliphatic rings. The fourth-order valence-electron chi connectivity index (χ4n) is 2.75. The smallest absolute Gasteiger partial charge is 0.220 e. The van der Waals surface area contributed by atoms with E-state index in [0.717, 1.165) is 37.1 Å². The van der Waals surface area contributed by atoms with Crippen LogP contribution in [0.15, 0.2) is 34.5 Å². The van der Waals surface area contributed by atoms with Crippen LogP contribution in [-0.2, 0) is 6.54 Å².